The van der Waals surface area contributed by atoms with Gasteiger partial charge in [-0.25, -0.2) is 4.79 Å². The van der Waals surface area contributed by atoms with Crippen LogP contribution in [0, 0.1) is 24.7 Å². The van der Waals surface area contributed by atoms with Crippen LogP contribution in [0.3, 0.4) is 0 Å². The molecule has 0 aliphatic heterocycles. The van der Waals surface area contributed by atoms with Gasteiger partial charge < -0.3 is 14.7 Å². The van der Waals surface area contributed by atoms with Crippen molar-refractivity contribution in [2.24, 2.45) is 22.7 Å². The van der Waals surface area contributed by atoms with Crippen LogP contribution < -0.4 is 9.80 Å². The number of carbonyl (C=O) groups is 1. The standard InChI is InChI=1S/C35H53N3O3/c1-8-10-22-37(23-11-9-2)29-19-17-28(18-20-29)33(36-7)38(31-15-13-12-14-27(31)6)34(39)35(40)41-32-24-26(5)16-21-30(32)25(3)4/h12-15,17-20,25-26,30,32,34,39H,8-11,16,21-24H2,1-7H3/b36-33+/t26-,30+,32-,34-/m1/s1. The van der Waals surface area contributed by atoms with E-state index in [-0.39, 0.29) is 6.10 Å². The average molecular weight is 564 g/mol. The van der Waals surface area contributed by atoms with Crippen molar-refractivity contribution in [2.75, 3.05) is 29.9 Å². The van der Waals surface area contributed by atoms with Crippen LogP contribution in [0.15, 0.2) is 53.5 Å². The molecule has 1 aliphatic rings. The fraction of sp³-hybridized carbons (Fsp3) is 0.600. The molecule has 6 heteroatoms. The number of benzene rings is 2. The summed E-state index contributed by atoms with van der Waals surface area (Å²) in [6, 6.07) is 16.1. The highest BCUT2D eigenvalue weighted by Crippen LogP contribution is 2.36. The van der Waals surface area contributed by atoms with Gasteiger partial charge in [-0.05, 0) is 86.3 Å². The predicted molar refractivity (Wildman–Crippen MR) is 172 cm³/mol. The highest BCUT2D eigenvalue weighted by Gasteiger charge is 2.37. The van der Waals surface area contributed by atoms with Crippen LogP contribution in [0.5, 0.6) is 0 Å². The molecule has 0 aromatic heterocycles. The molecule has 226 valence electrons. The molecule has 0 radical (unpaired) electrons. The maximum Gasteiger partial charge on any atom is 0.357 e. The van der Waals surface area contributed by atoms with E-state index in [1.54, 1.807) is 11.9 Å². The summed E-state index contributed by atoms with van der Waals surface area (Å²) >= 11 is 0. The van der Waals surface area contributed by atoms with E-state index in [1.807, 2.05) is 43.3 Å². The second kappa shape index (κ2) is 16.0. The summed E-state index contributed by atoms with van der Waals surface area (Å²) in [6.07, 6.45) is 5.91. The highest BCUT2D eigenvalue weighted by atomic mass is 16.6. The van der Waals surface area contributed by atoms with Crippen molar-refractivity contribution in [2.45, 2.75) is 98.8 Å². The first-order valence-corrected chi connectivity index (χ1v) is 15.8. The molecule has 3 rings (SSSR count). The SMILES string of the molecule is CCCCN(CCCC)c1ccc(/C(=N\C)N(c2ccccc2C)[C@H](O)C(=O)O[C@@H]2C[C@H](C)CC[C@H]2C(C)C)cc1. The number of anilines is 2. The van der Waals surface area contributed by atoms with Crippen molar-refractivity contribution in [3.63, 3.8) is 0 Å². The Hall–Kier alpha value is -2.86. The fourth-order valence-electron chi connectivity index (χ4n) is 6.03. The lowest BCUT2D eigenvalue weighted by atomic mass is 9.75. The Labute approximate surface area is 248 Å². The molecule has 1 saturated carbocycles. The smallest absolute Gasteiger partial charge is 0.357 e. The molecule has 1 fully saturated rings. The summed E-state index contributed by atoms with van der Waals surface area (Å²) < 4.78 is 6.10. The number of aliphatic hydroxyl groups excluding tert-OH is 1. The van der Waals surface area contributed by atoms with E-state index in [1.165, 1.54) is 5.69 Å². The van der Waals surface area contributed by atoms with Gasteiger partial charge in [0.05, 0.1) is 0 Å². The van der Waals surface area contributed by atoms with Gasteiger partial charge in [0.2, 0.25) is 6.23 Å². The summed E-state index contributed by atoms with van der Waals surface area (Å²) in [4.78, 5) is 22.3. The number of aliphatic imine (C=N–C) groups is 1. The largest absolute Gasteiger partial charge is 0.459 e. The maximum absolute atomic E-state index is 13.6. The van der Waals surface area contributed by atoms with E-state index in [2.05, 4.69) is 56.6 Å². The number of amidine groups is 1. The van der Waals surface area contributed by atoms with E-state index in [0.29, 0.717) is 23.6 Å². The topological polar surface area (TPSA) is 65.4 Å². The lowest BCUT2D eigenvalue weighted by Crippen LogP contribution is -2.49. The van der Waals surface area contributed by atoms with Crippen molar-refractivity contribution in [1.29, 1.82) is 0 Å². The van der Waals surface area contributed by atoms with Crippen molar-refractivity contribution >= 4 is 23.2 Å². The molecular formula is C35H53N3O3. The zero-order valence-corrected chi connectivity index (χ0v) is 26.5. The number of rotatable bonds is 13. The third-order valence-electron chi connectivity index (χ3n) is 8.55. The molecule has 0 heterocycles. The lowest BCUT2D eigenvalue weighted by Gasteiger charge is -2.38. The van der Waals surface area contributed by atoms with E-state index in [4.69, 9.17) is 4.74 Å². The van der Waals surface area contributed by atoms with Gasteiger partial charge in [-0.15, -0.1) is 0 Å². The molecule has 1 N–H and O–H groups in total. The number of hydrogen-bond acceptors (Lipinski definition) is 5. The number of hydrogen-bond donors (Lipinski definition) is 1. The van der Waals surface area contributed by atoms with Gasteiger partial charge in [0, 0.05) is 37.1 Å². The number of para-hydroxylation sites is 1. The molecule has 2 aromatic carbocycles. The first-order valence-electron chi connectivity index (χ1n) is 15.8. The third-order valence-corrected chi connectivity index (χ3v) is 8.55. The number of esters is 1. The van der Waals surface area contributed by atoms with Crippen LogP contribution in [0.1, 0.15) is 90.7 Å². The van der Waals surface area contributed by atoms with E-state index < -0.39 is 12.2 Å². The zero-order chi connectivity index (χ0) is 29.9. The normalized spacial score (nSPS) is 20.1. The van der Waals surface area contributed by atoms with Crippen molar-refractivity contribution < 1.29 is 14.6 Å². The number of ether oxygens (including phenoxy) is 1. The molecule has 2 aromatic rings. The lowest BCUT2D eigenvalue weighted by molar-refractivity contribution is -0.165. The second-order valence-corrected chi connectivity index (χ2v) is 12.1. The minimum absolute atomic E-state index is 0.196. The van der Waals surface area contributed by atoms with Crippen molar-refractivity contribution in [3.05, 3.63) is 59.7 Å². The van der Waals surface area contributed by atoms with Crippen LogP contribution >= 0.6 is 0 Å². The Morgan fingerprint density at radius 1 is 1.02 bits per heavy atom. The first-order chi connectivity index (χ1) is 19.7. The summed E-state index contributed by atoms with van der Waals surface area (Å²) in [7, 11) is 1.71. The Bertz CT molecular complexity index is 1110. The van der Waals surface area contributed by atoms with Gasteiger partial charge in [0.15, 0.2) is 0 Å². The van der Waals surface area contributed by atoms with Gasteiger partial charge in [-0.3, -0.25) is 9.89 Å². The second-order valence-electron chi connectivity index (χ2n) is 12.1. The van der Waals surface area contributed by atoms with E-state index in [0.717, 1.165) is 74.8 Å². The summed E-state index contributed by atoms with van der Waals surface area (Å²) in [5.41, 5.74) is 3.68. The molecule has 1 aliphatic carbocycles. The summed E-state index contributed by atoms with van der Waals surface area (Å²) in [6.45, 7) is 15.1. The number of unbranched alkanes of at least 4 members (excludes halogenated alkanes) is 2. The van der Waals surface area contributed by atoms with Crippen LogP contribution in [-0.2, 0) is 9.53 Å². The molecule has 0 spiro atoms. The minimum atomic E-state index is -1.52. The van der Waals surface area contributed by atoms with Crippen LogP contribution in [-0.4, -0.2) is 49.4 Å². The van der Waals surface area contributed by atoms with Gasteiger partial charge in [-0.2, -0.15) is 0 Å². The quantitative estimate of drug-likeness (QED) is 0.118. The molecule has 0 unspecified atom stereocenters. The number of aliphatic hydroxyl groups is 1. The summed E-state index contributed by atoms with van der Waals surface area (Å²) in [5.74, 6) is 1.10. The molecule has 41 heavy (non-hydrogen) atoms. The minimum Gasteiger partial charge on any atom is -0.459 e. The van der Waals surface area contributed by atoms with Gasteiger partial charge in [-0.1, -0.05) is 72.1 Å². The van der Waals surface area contributed by atoms with E-state index in [9.17, 15) is 9.90 Å². The van der Waals surface area contributed by atoms with Gasteiger partial charge in [0.1, 0.15) is 11.9 Å². The molecular weight excluding hydrogens is 510 g/mol. The van der Waals surface area contributed by atoms with Crippen molar-refractivity contribution in [3.8, 4) is 0 Å². The van der Waals surface area contributed by atoms with Crippen LogP contribution in [0.4, 0.5) is 11.4 Å². The Morgan fingerprint density at radius 3 is 2.22 bits per heavy atom. The van der Waals surface area contributed by atoms with E-state index >= 15 is 0 Å². The molecule has 6 nitrogen and oxygen atoms in total. The first kappa shape index (κ1) is 32.7. The zero-order valence-electron chi connectivity index (χ0n) is 26.5. The number of nitrogens with zero attached hydrogens (tertiary/aromatic N) is 3. The van der Waals surface area contributed by atoms with Crippen LogP contribution in [0.2, 0.25) is 0 Å². The third kappa shape index (κ3) is 8.57. The average Bonchev–Trinajstić information content (AvgIpc) is 2.96. The summed E-state index contributed by atoms with van der Waals surface area (Å²) in [5, 5.41) is 11.6. The van der Waals surface area contributed by atoms with Crippen LogP contribution in [0.25, 0.3) is 0 Å². The Balaban J connectivity index is 1.93. The monoisotopic (exact) mass is 563 g/mol. The van der Waals surface area contributed by atoms with Gasteiger partial charge in [0.25, 0.3) is 0 Å². The highest BCUT2D eigenvalue weighted by molar-refractivity contribution is 6.12. The van der Waals surface area contributed by atoms with Gasteiger partial charge >= 0.3 is 5.97 Å². The molecule has 0 amide bonds. The van der Waals surface area contributed by atoms with Crippen molar-refractivity contribution in [1.82, 2.24) is 0 Å². The molecule has 4 atom stereocenters. The Morgan fingerprint density at radius 2 is 1.66 bits per heavy atom. The molecule has 0 saturated heterocycles. The number of carbonyl (C=O) groups excluding carboxylic acids is 1. The maximum atomic E-state index is 13.6. The predicted octanol–water partition coefficient (Wildman–Crippen LogP) is 7.61. The fourth-order valence-corrected chi connectivity index (χ4v) is 6.03. The molecule has 0 bridgehead atoms. The Kier molecular flexibility index (Phi) is 12.7. The number of aryl methyl sites for hydroxylation is 1.